The molecule has 1 aromatic rings. The van der Waals surface area contributed by atoms with Crippen LogP contribution in [0.5, 0.6) is 0 Å². The number of rotatable bonds is 3. The molecule has 1 amide bonds. The summed E-state index contributed by atoms with van der Waals surface area (Å²) in [7, 11) is 0. The van der Waals surface area contributed by atoms with Crippen LogP contribution in [-0.2, 0) is 6.18 Å². The second kappa shape index (κ2) is 5.61. The lowest BCUT2D eigenvalue weighted by atomic mass is 10.1. The molecule has 0 unspecified atom stereocenters. The zero-order valence-electron chi connectivity index (χ0n) is 10.0. The second-order valence-corrected chi connectivity index (χ2v) is 4.02. The van der Waals surface area contributed by atoms with Crippen LogP contribution < -0.4 is 0 Å². The van der Waals surface area contributed by atoms with Gasteiger partial charge in [-0.25, -0.2) is 0 Å². The maximum absolute atomic E-state index is 12.6. The van der Waals surface area contributed by atoms with Crippen LogP contribution in [-0.4, -0.2) is 23.9 Å². The minimum Gasteiger partial charge on any atom is -0.339 e. The fraction of sp³-hybridized carbons (Fsp3) is 0.417. The summed E-state index contributed by atoms with van der Waals surface area (Å²) in [6, 6.07) is 3.35. The number of hydrogen-bond donors (Lipinski definition) is 0. The second-order valence-electron chi connectivity index (χ2n) is 3.64. The predicted molar refractivity (Wildman–Crippen MR) is 63.7 cm³/mol. The average molecular weight is 280 g/mol. The zero-order chi connectivity index (χ0) is 13.9. The minimum absolute atomic E-state index is 0.116. The van der Waals surface area contributed by atoms with E-state index in [1.165, 1.54) is 17.0 Å². The van der Waals surface area contributed by atoms with Crippen molar-refractivity contribution in [2.75, 3.05) is 13.1 Å². The molecule has 0 N–H and O–H groups in total. The fourth-order valence-electron chi connectivity index (χ4n) is 1.60. The molecule has 2 nitrogen and oxygen atoms in total. The lowest BCUT2D eigenvalue weighted by Crippen LogP contribution is -2.31. The normalized spacial score (nSPS) is 11.4. The predicted octanol–water partition coefficient (Wildman–Crippen LogP) is 3.84. The Balaban J connectivity index is 3.23. The standard InChI is InChI=1S/C12H13ClF3NO/c1-3-17(4-2)11(18)8-6-5-7-9(10(8)13)12(14,15)16/h5-7H,3-4H2,1-2H3. The van der Waals surface area contributed by atoms with Crippen molar-refractivity contribution in [2.24, 2.45) is 0 Å². The lowest BCUT2D eigenvalue weighted by Gasteiger charge is -2.20. The summed E-state index contributed by atoms with van der Waals surface area (Å²) in [6.45, 7) is 4.34. The van der Waals surface area contributed by atoms with Crippen molar-refractivity contribution in [3.63, 3.8) is 0 Å². The Labute approximate surface area is 108 Å². The van der Waals surface area contributed by atoms with Crippen molar-refractivity contribution >= 4 is 17.5 Å². The Morgan fingerprint density at radius 2 is 1.83 bits per heavy atom. The summed E-state index contributed by atoms with van der Waals surface area (Å²) < 4.78 is 37.9. The van der Waals surface area contributed by atoms with Crippen LogP contribution in [0.25, 0.3) is 0 Å². The molecule has 0 aliphatic carbocycles. The van der Waals surface area contributed by atoms with Crippen molar-refractivity contribution in [1.82, 2.24) is 4.90 Å². The SMILES string of the molecule is CCN(CC)C(=O)c1cccc(C(F)(F)F)c1Cl. The molecule has 6 heteroatoms. The van der Waals surface area contributed by atoms with Gasteiger partial charge in [0.1, 0.15) is 0 Å². The molecule has 0 aliphatic heterocycles. The Bertz CT molecular complexity index is 441. The largest absolute Gasteiger partial charge is 0.417 e. The summed E-state index contributed by atoms with van der Waals surface area (Å²) in [4.78, 5) is 13.4. The monoisotopic (exact) mass is 279 g/mol. The van der Waals surface area contributed by atoms with E-state index in [1.54, 1.807) is 13.8 Å². The number of carbonyl (C=O) groups excluding carboxylic acids is 1. The van der Waals surface area contributed by atoms with E-state index in [-0.39, 0.29) is 5.56 Å². The van der Waals surface area contributed by atoms with Gasteiger partial charge in [0.2, 0.25) is 0 Å². The van der Waals surface area contributed by atoms with E-state index >= 15 is 0 Å². The molecule has 0 spiro atoms. The Morgan fingerprint density at radius 3 is 2.28 bits per heavy atom. The summed E-state index contributed by atoms with van der Waals surface area (Å²) in [6.07, 6.45) is -4.56. The molecular weight excluding hydrogens is 267 g/mol. The number of amides is 1. The molecule has 0 radical (unpaired) electrons. The van der Waals surface area contributed by atoms with Gasteiger partial charge in [-0.05, 0) is 26.0 Å². The smallest absolute Gasteiger partial charge is 0.339 e. The topological polar surface area (TPSA) is 20.3 Å². The fourth-order valence-corrected chi connectivity index (χ4v) is 1.91. The van der Waals surface area contributed by atoms with E-state index in [0.717, 1.165) is 6.07 Å². The first-order chi connectivity index (χ1) is 8.32. The van der Waals surface area contributed by atoms with Crippen LogP contribution in [0, 0.1) is 0 Å². The molecule has 0 aromatic heterocycles. The van der Waals surface area contributed by atoms with E-state index in [0.29, 0.717) is 13.1 Å². The molecule has 0 aliphatic rings. The Hall–Kier alpha value is -1.23. The molecule has 0 atom stereocenters. The van der Waals surface area contributed by atoms with Crippen LogP contribution in [0.2, 0.25) is 5.02 Å². The van der Waals surface area contributed by atoms with Gasteiger partial charge in [-0.2, -0.15) is 13.2 Å². The molecule has 0 heterocycles. The molecule has 0 saturated heterocycles. The molecule has 100 valence electrons. The van der Waals surface area contributed by atoms with Gasteiger partial charge in [0.25, 0.3) is 5.91 Å². The van der Waals surface area contributed by atoms with Gasteiger partial charge in [0.15, 0.2) is 0 Å². The third-order valence-electron chi connectivity index (χ3n) is 2.59. The van der Waals surface area contributed by atoms with Gasteiger partial charge in [0.05, 0.1) is 16.1 Å². The highest BCUT2D eigenvalue weighted by Gasteiger charge is 2.35. The van der Waals surface area contributed by atoms with Crippen LogP contribution in [0.4, 0.5) is 13.2 Å². The van der Waals surface area contributed by atoms with Gasteiger partial charge in [0, 0.05) is 13.1 Å². The third-order valence-corrected chi connectivity index (χ3v) is 2.99. The summed E-state index contributed by atoms with van der Waals surface area (Å²) >= 11 is 5.68. The van der Waals surface area contributed by atoms with Gasteiger partial charge >= 0.3 is 6.18 Å². The molecule has 0 bridgehead atoms. The molecular formula is C12H13ClF3NO. The first-order valence-corrected chi connectivity index (χ1v) is 5.85. The minimum atomic E-state index is -4.56. The van der Waals surface area contributed by atoms with Gasteiger partial charge in [-0.1, -0.05) is 17.7 Å². The Morgan fingerprint density at radius 1 is 1.28 bits per heavy atom. The van der Waals surface area contributed by atoms with Gasteiger partial charge in [-0.3, -0.25) is 4.79 Å². The number of nitrogens with zero attached hydrogens (tertiary/aromatic N) is 1. The van der Waals surface area contributed by atoms with E-state index in [9.17, 15) is 18.0 Å². The van der Waals surface area contributed by atoms with Crippen molar-refractivity contribution in [1.29, 1.82) is 0 Å². The molecule has 0 saturated carbocycles. The molecule has 1 aromatic carbocycles. The van der Waals surface area contributed by atoms with Crippen molar-refractivity contribution in [3.05, 3.63) is 34.3 Å². The average Bonchev–Trinajstić information content (AvgIpc) is 2.29. The van der Waals surface area contributed by atoms with Crippen LogP contribution in [0.1, 0.15) is 29.8 Å². The maximum Gasteiger partial charge on any atom is 0.417 e. The molecule has 0 fully saturated rings. The van der Waals surface area contributed by atoms with Crippen LogP contribution in [0.3, 0.4) is 0 Å². The van der Waals surface area contributed by atoms with Gasteiger partial charge in [-0.15, -0.1) is 0 Å². The number of halogens is 4. The lowest BCUT2D eigenvalue weighted by molar-refractivity contribution is -0.137. The molecule has 18 heavy (non-hydrogen) atoms. The van der Waals surface area contributed by atoms with Crippen molar-refractivity contribution < 1.29 is 18.0 Å². The third kappa shape index (κ3) is 2.96. The highest BCUT2D eigenvalue weighted by Crippen LogP contribution is 2.36. The van der Waals surface area contributed by atoms with E-state index < -0.39 is 22.7 Å². The first-order valence-electron chi connectivity index (χ1n) is 5.47. The van der Waals surface area contributed by atoms with E-state index in [4.69, 9.17) is 11.6 Å². The number of carbonyl (C=O) groups is 1. The highest BCUT2D eigenvalue weighted by molar-refractivity contribution is 6.34. The first kappa shape index (κ1) is 14.8. The van der Waals surface area contributed by atoms with Crippen LogP contribution in [0.15, 0.2) is 18.2 Å². The zero-order valence-corrected chi connectivity index (χ0v) is 10.8. The van der Waals surface area contributed by atoms with Crippen LogP contribution >= 0.6 is 11.6 Å². The number of hydrogen-bond acceptors (Lipinski definition) is 1. The number of benzene rings is 1. The van der Waals surface area contributed by atoms with E-state index in [1.807, 2.05) is 0 Å². The number of alkyl halides is 3. The summed E-state index contributed by atoms with van der Waals surface area (Å²) in [5.74, 6) is -0.490. The van der Waals surface area contributed by atoms with Crippen molar-refractivity contribution in [2.45, 2.75) is 20.0 Å². The van der Waals surface area contributed by atoms with E-state index in [2.05, 4.69) is 0 Å². The summed E-state index contributed by atoms with van der Waals surface area (Å²) in [5.41, 5.74) is -1.10. The Kier molecular flexibility index (Phi) is 4.62. The van der Waals surface area contributed by atoms with Crippen molar-refractivity contribution in [3.8, 4) is 0 Å². The quantitative estimate of drug-likeness (QED) is 0.823. The maximum atomic E-state index is 12.6. The highest BCUT2D eigenvalue weighted by atomic mass is 35.5. The van der Waals surface area contributed by atoms with Gasteiger partial charge < -0.3 is 4.90 Å². The summed E-state index contributed by atoms with van der Waals surface area (Å²) in [5, 5.41) is -0.540. The molecule has 1 rings (SSSR count).